The van der Waals surface area contributed by atoms with E-state index < -0.39 is 5.41 Å². The van der Waals surface area contributed by atoms with E-state index in [4.69, 9.17) is 8.94 Å². The Morgan fingerprint density at radius 1 is 1.29 bits per heavy atom. The van der Waals surface area contributed by atoms with E-state index >= 15 is 0 Å². The third-order valence-corrected chi connectivity index (χ3v) is 5.07. The Hall–Kier alpha value is -2.30. The van der Waals surface area contributed by atoms with Crippen LogP contribution in [0, 0.1) is 0 Å². The van der Waals surface area contributed by atoms with Crippen molar-refractivity contribution in [3.05, 3.63) is 41.8 Å². The van der Waals surface area contributed by atoms with Crippen molar-refractivity contribution < 1.29 is 13.7 Å². The molecule has 0 atom stereocenters. The summed E-state index contributed by atoms with van der Waals surface area (Å²) in [5.74, 6) is 1.27. The number of hydrogen-bond acceptors (Lipinski definition) is 4. The Labute approximate surface area is 141 Å². The first-order valence-corrected chi connectivity index (χ1v) is 8.75. The maximum Gasteiger partial charge on any atom is 0.232 e. The van der Waals surface area contributed by atoms with Gasteiger partial charge in [0.1, 0.15) is 0 Å². The van der Waals surface area contributed by atoms with E-state index in [1.165, 1.54) is 31.3 Å². The summed E-state index contributed by atoms with van der Waals surface area (Å²) in [7, 11) is 0. The molecule has 0 bridgehead atoms. The molecule has 0 spiro atoms. The summed E-state index contributed by atoms with van der Waals surface area (Å²) in [5.41, 5.74) is 1.69. The number of rotatable bonds is 6. The number of carbonyl (C=O) groups is 1. The first-order valence-electron chi connectivity index (χ1n) is 8.75. The van der Waals surface area contributed by atoms with Crippen molar-refractivity contribution in [1.82, 2.24) is 10.5 Å². The molecule has 1 saturated carbocycles. The van der Waals surface area contributed by atoms with Gasteiger partial charge in [0.25, 0.3) is 0 Å². The minimum absolute atomic E-state index is 0.0678. The van der Waals surface area contributed by atoms with Crippen molar-refractivity contribution in [3.8, 4) is 11.5 Å². The summed E-state index contributed by atoms with van der Waals surface area (Å²) in [5, 5.41) is 7.21. The second-order valence-corrected chi connectivity index (χ2v) is 6.75. The maximum atomic E-state index is 12.6. The van der Waals surface area contributed by atoms with Crippen molar-refractivity contribution in [1.29, 1.82) is 0 Å². The van der Waals surface area contributed by atoms with Crippen molar-refractivity contribution in [2.24, 2.45) is 0 Å². The number of furan rings is 1. The highest BCUT2D eigenvalue weighted by molar-refractivity contribution is 5.90. The molecule has 2 aromatic rings. The fourth-order valence-electron chi connectivity index (χ4n) is 3.40. The highest BCUT2D eigenvalue weighted by Crippen LogP contribution is 2.48. The maximum absolute atomic E-state index is 12.6. The molecule has 0 aliphatic heterocycles. The monoisotopic (exact) mass is 326 g/mol. The van der Waals surface area contributed by atoms with Gasteiger partial charge in [-0.25, -0.2) is 0 Å². The topological polar surface area (TPSA) is 68.3 Å². The van der Waals surface area contributed by atoms with Crippen molar-refractivity contribution in [2.45, 2.75) is 50.4 Å². The minimum atomic E-state index is -0.505. The van der Waals surface area contributed by atoms with Crippen LogP contribution >= 0.6 is 0 Å². The number of aromatic nitrogens is 1. The van der Waals surface area contributed by atoms with Gasteiger partial charge in [-0.1, -0.05) is 16.8 Å². The average Bonchev–Trinajstić information content (AvgIpc) is 3.02. The first kappa shape index (κ1) is 15.2. The van der Waals surface area contributed by atoms with Gasteiger partial charge in [-0.3, -0.25) is 4.79 Å². The summed E-state index contributed by atoms with van der Waals surface area (Å²) in [6.45, 7) is 0.704. The van der Waals surface area contributed by atoms with Gasteiger partial charge in [-0.15, -0.1) is 0 Å². The van der Waals surface area contributed by atoms with Gasteiger partial charge in [0.05, 0.1) is 17.4 Å². The van der Waals surface area contributed by atoms with E-state index in [-0.39, 0.29) is 5.91 Å². The predicted octanol–water partition coefficient (Wildman–Crippen LogP) is 3.97. The summed E-state index contributed by atoms with van der Waals surface area (Å²) in [4.78, 5) is 12.6. The van der Waals surface area contributed by atoms with E-state index in [1.54, 1.807) is 12.3 Å². The molecule has 2 heterocycles. The lowest BCUT2D eigenvalue weighted by Crippen LogP contribution is -2.35. The lowest BCUT2D eigenvalue weighted by atomic mass is 9.97. The lowest BCUT2D eigenvalue weighted by Gasteiger charge is -2.15. The molecule has 0 saturated heterocycles. The number of carbonyl (C=O) groups excluding carboxylic acids is 1. The Morgan fingerprint density at radius 2 is 2.21 bits per heavy atom. The first-order chi connectivity index (χ1) is 11.8. The van der Waals surface area contributed by atoms with Gasteiger partial charge in [0.15, 0.2) is 5.76 Å². The second-order valence-electron chi connectivity index (χ2n) is 6.75. The molecule has 0 aromatic carbocycles. The van der Waals surface area contributed by atoms with Crippen molar-refractivity contribution in [3.63, 3.8) is 0 Å². The van der Waals surface area contributed by atoms with Gasteiger partial charge < -0.3 is 14.3 Å². The number of allylic oxidation sites excluding steroid dienone is 1. The quantitative estimate of drug-likeness (QED) is 0.816. The number of nitrogens with one attached hydrogen (secondary N) is 1. The third kappa shape index (κ3) is 2.90. The summed E-state index contributed by atoms with van der Waals surface area (Å²) in [6, 6.07) is 5.45. The molecule has 1 N–H and O–H groups in total. The van der Waals surface area contributed by atoms with Gasteiger partial charge in [-0.05, 0) is 57.1 Å². The number of nitrogens with zero attached hydrogens (tertiary/aromatic N) is 1. The molecule has 5 nitrogen and oxygen atoms in total. The van der Waals surface area contributed by atoms with Crippen LogP contribution in [-0.4, -0.2) is 17.6 Å². The standard InChI is InChI=1S/C19H22N2O3/c22-18(20-11-8-14-5-2-1-3-6-14)19(9-10-19)17-13-16(24-21-17)15-7-4-12-23-15/h4-5,7,12-13H,1-3,6,8-11H2,(H,20,22). The van der Waals surface area contributed by atoms with Gasteiger partial charge in [0.2, 0.25) is 11.7 Å². The Balaban J connectivity index is 1.38. The molecule has 4 rings (SSSR count). The lowest BCUT2D eigenvalue weighted by molar-refractivity contribution is -0.123. The van der Waals surface area contributed by atoms with Gasteiger partial charge in [0, 0.05) is 12.6 Å². The molecule has 0 unspecified atom stereocenters. The van der Waals surface area contributed by atoms with E-state index in [1.807, 2.05) is 12.1 Å². The molecule has 0 radical (unpaired) electrons. The molecular formula is C19H22N2O3. The van der Waals surface area contributed by atoms with E-state index in [0.717, 1.165) is 19.3 Å². The summed E-state index contributed by atoms with van der Waals surface area (Å²) < 4.78 is 10.7. The second kappa shape index (κ2) is 6.30. The van der Waals surface area contributed by atoms with Crippen LogP contribution in [0.25, 0.3) is 11.5 Å². The zero-order valence-corrected chi connectivity index (χ0v) is 13.7. The zero-order valence-electron chi connectivity index (χ0n) is 13.7. The Kier molecular flexibility index (Phi) is 4.00. The molecular weight excluding hydrogens is 304 g/mol. The van der Waals surface area contributed by atoms with Crippen LogP contribution in [0.2, 0.25) is 0 Å². The predicted molar refractivity (Wildman–Crippen MR) is 89.3 cm³/mol. The third-order valence-electron chi connectivity index (χ3n) is 5.07. The van der Waals surface area contributed by atoms with Crippen LogP contribution in [0.1, 0.15) is 50.6 Å². The largest absolute Gasteiger partial charge is 0.461 e. The minimum Gasteiger partial charge on any atom is -0.461 e. The summed E-state index contributed by atoms with van der Waals surface area (Å²) >= 11 is 0. The molecule has 1 amide bonds. The molecule has 2 aliphatic carbocycles. The molecule has 126 valence electrons. The highest BCUT2D eigenvalue weighted by atomic mass is 16.5. The normalized spacial score (nSPS) is 18.9. The average molecular weight is 326 g/mol. The molecule has 2 aliphatic rings. The number of amides is 1. The van der Waals surface area contributed by atoms with Crippen LogP contribution in [0.15, 0.2) is 45.1 Å². The molecule has 2 aromatic heterocycles. The van der Waals surface area contributed by atoms with Gasteiger partial charge >= 0.3 is 0 Å². The van der Waals surface area contributed by atoms with Gasteiger partial charge in [-0.2, -0.15) is 0 Å². The van der Waals surface area contributed by atoms with Crippen LogP contribution in [0.5, 0.6) is 0 Å². The van der Waals surface area contributed by atoms with Crippen LogP contribution in [0.4, 0.5) is 0 Å². The Bertz CT molecular complexity index is 739. The fraction of sp³-hybridized carbons (Fsp3) is 0.474. The van der Waals surface area contributed by atoms with Crippen LogP contribution < -0.4 is 5.32 Å². The zero-order chi connectivity index (χ0) is 16.4. The number of hydrogen-bond donors (Lipinski definition) is 1. The van der Waals surface area contributed by atoms with Crippen LogP contribution in [0.3, 0.4) is 0 Å². The summed E-state index contributed by atoms with van der Waals surface area (Å²) in [6.07, 6.45) is 11.5. The smallest absolute Gasteiger partial charge is 0.232 e. The molecule has 24 heavy (non-hydrogen) atoms. The van der Waals surface area contributed by atoms with E-state index in [0.29, 0.717) is 23.8 Å². The fourth-order valence-corrected chi connectivity index (χ4v) is 3.40. The van der Waals surface area contributed by atoms with Crippen molar-refractivity contribution in [2.75, 3.05) is 6.54 Å². The van der Waals surface area contributed by atoms with Crippen LogP contribution in [-0.2, 0) is 10.2 Å². The molecule has 5 heteroatoms. The molecule has 1 fully saturated rings. The SMILES string of the molecule is O=C(NCCC1=CCCCC1)C1(c2cc(-c3ccco3)on2)CC1. The van der Waals surface area contributed by atoms with Crippen molar-refractivity contribution >= 4 is 5.91 Å². The van der Waals surface area contributed by atoms with E-state index in [9.17, 15) is 4.79 Å². The highest BCUT2D eigenvalue weighted by Gasteiger charge is 2.53. The Morgan fingerprint density at radius 3 is 2.92 bits per heavy atom. The van der Waals surface area contributed by atoms with E-state index in [2.05, 4.69) is 16.5 Å².